The summed E-state index contributed by atoms with van der Waals surface area (Å²) in [5.74, 6) is -0.0265. The maximum atomic E-state index is 11.8. The molecule has 0 atom stereocenters. The van der Waals surface area contributed by atoms with E-state index in [0.717, 1.165) is 24.1 Å². The minimum absolute atomic E-state index is 0.0265. The van der Waals surface area contributed by atoms with E-state index >= 15 is 0 Å². The Kier molecular flexibility index (Phi) is 3.42. The van der Waals surface area contributed by atoms with Gasteiger partial charge in [0.2, 0.25) is 0 Å². The lowest BCUT2D eigenvalue weighted by Crippen LogP contribution is -2.25. The largest absolute Gasteiger partial charge is 0.486 e. The first-order chi connectivity index (χ1) is 8.20. The highest BCUT2D eigenvalue weighted by Crippen LogP contribution is 2.22. The van der Waals surface area contributed by atoms with Gasteiger partial charge in [0.05, 0.1) is 12.8 Å². The molecule has 1 aromatic rings. The van der Waals surface area contributed by atoms with Gasteiger partial charge in [-0.2, -0.15) is 0 Å². The Morgan fingerprint density at radius 3 is 2.94 bits per heavy atom. The zero-order valence-electron chi connectivity index (χ0n) is 10.1. The van der Waals surface area contributed by atoms with E-state index in [1.54, 1.807) is 13.2 Å². The molecule has 1 fully saturated rings. The Labute approximate surface area is 101 Å². The number of hydrogen-bond donors (Lipinski definition) is 1. The van der Waals surface area contributed by atoms with E-state index < -0.39 is 0 Å². The Morgan fingerprint density at radius 1 is 1.53 bits per heavy atom. The molecule has 17 heavy (non-hydrogen) atoms. The molecule has 0 aliphatic heterocycles. The lowest BCUT2D eigenvalue weighted by atomic mass is 10.1. The van der Waals surface area contributed by atoms with Gasteiger partial charge >= 0.3 is 0 Å². The number of carbonyl (C=O) groups is 1. The standard InChI is InChI=1S/C13H16N2O2/c1-9-3-4-10(7-12(9)14-8-17-2)13(16)15-11-5-6-11/h3-4,7-8,11H,5-6H2,1-2H3,(H,15,16). The van der Waals surface area contributed by atoms with E-state index in [1.165, 1.54) is 6.40 Å². The molecule has 0 radical (unpaired) electrons. The average Bonchev–Trinajstić information content (AvgIpc) is 3.11. The number of ether oxygens (including phenoxy) is 1. The Hall–Kier alpha value is -1.84. The molecule has 1 aliphatic rings. The van der Waals surface area contributed by atoms with Crippen LogP contribution in [0.5, 0.6) is 0 Å². The van der Waals surface area contributed by atoms with Gasteiger partial charge in [0.15, 0.2) is 6.40 Å². The summed E-state index contributed by atoms with van der Waals surface area (Å²) in [4.78, 5) is 16.0. The highest BCUT2D eigenvalue weighted by atomic mass is 16.5. The van der Waals surface area contributed by atoms with E-state index in [0.29, 0.717) is 11.6 Å². The zero-order chi connectivity index (χ0) is 12.3. The molecule has 4 heteroatoms. The summed E-state index contributed by atoms with van der Waals surface area (Å²) in [5.41, 5.74) is 2.42. The average molecular weight is 232 g/mol. The van der Waals surface area contributed by atoms with Gasteiger partial charge in [-0.3, -0.25) is 4.79 Å². The van der Waals surface area contributed by atoms with Crippen LogP contribution >= 0.6 is 0 Å². The van der Waals surface area contributed by atoms with Crippen molar-refractivity contribution in [3.05, 3.63) is 29.3 Å². The van der Waals surface area contributed by atoms with E-state index in [1.807, 2.05) is 19.1 Å². The molecule has 1 saturated carbocycles. The van der Waals surface area contributed by atoms with E-state index in [2.05, 4.69) is 10.3 Å². The Balaban J connectivity index is 2.16. The van der Waals surface area contributed by atoms with Crippen molar-refractivity contribution in [1.29, 1.82) is 0 Å². The van der Waals surface area contributed by atoms with Crippen LogP contribution < -0.4 is 5.32 Å². The number of carbonyl (C=O) groups excluding carboxylic acids is 1. The van der Waals surface area contributed by atoms with Crippen LogP contribution in [-0.4, -0.2) is 25.5 Å². The van der Waals surface area contributed by atoms with Gasteiger partial charge < -0.3 is 10.1 Å². The number of nitrogens with one attached hydrogen (secondary N) is 1. The maximum Gasteiger partial charge on any atom is 0.251 e. The number of aliphatic imine (C=N–C) groups is 1. The van der Waals surface area contributed by atoms with Crippen LogP contribution in [0.15, 0.2) is 23.2 Å². The Morgan fingerprint density at radius 2 is 2.29 bits per heavy atom. The van der Waals surface area contributed by atoms with Gasteiger partial charge in [0.25, 0.3) is 5.91 Å². The van der Waals surface area contributed by atoms with Crippen molar-refractivity contribution in [1.82, 2.24) is 5.32 Å². The summed E-state index contributed by atoms with van der Waals surface area (Å²) in [5, 5.41) is 2.95. The van der Waals surface area contributed by atoms with Crippen LogP contribution in [0.3, 0.4) is 0 Å². The van der Waals surface area contributed by atoms with Crippen molar-refractivity contribution < 1.29 is 9.53 Å². The van der Waals surface area contributed by atoms with Gasteiger partial charge in [-0.1, -0.05) is 6.07 Å². The summed E-state index contributed by atoms with van der Waals surface area (Å²) in [6.07, 6.45) is 3.55. The number of nitrogens with zero attached hydrogens (tertiary/aromatic N) is 1. The summed E-state index contributed by atoms with van der Waals surface area (Å²) in [6, 6.07) is 5.86. The summed E-state index contributed by atoms with van der Waals surface area (Å²) in [7, 11) is 1.54. The number of rotatable bonds is 4. The molecule has 1 aliphatic carbocycles. The molecule has 0 aromatic heterocycles. The smallest absolute Gasteiger partial charge is 0.251 e. The molecule has 4 nitrogen and oxygen atoms in total. The third-order valence-electron chi connectivity index (χ3n) is 2.68. The second-order valence-corrected chi connectivity index (χ2v) is 4.22. The summed E-state index contributed by atoms with van der Waals surface area (Å²) >= 11 is 0. The van der Waals surface area contributed by atoms with E-state index in [9.17, 15) is 4.79 Å². The highest BCUT2D eigenvalue weighted by Gasteiger charge is 2.23. The van der Waals surface area contributed by atoms with Crippen LogP contribution in [-0.2, 0) is 4.74 Å². The molecule has 0 saturated heterocycles. The second kappa shape index (κ2) is 4.99. The minimum Gasteiger partial charge on any atom is -0.486 e. The van der Waals surface area contributed by atoms with Crippen LogP contribution in [0.4, 0.5) is 5.69 Å². The highest BCUT2D eigenvalue weighted by molar-refractivity contribution is 5.95. The van der Waals surface area contributed by atoms with Crippen LogP contribution in [0.1, 0.15) is 28.8 Å². The van der Waals surface area contributed by atoms with Gasteiger partial charge in [-0.25, -0.2) is 4.99 Å². The summed E-state index contributed by atoms with van der Waals surface area (Å²) < 4.78 is 4.78. The topological polar surface area (TPSA) is 50.7 Å². The van der Waals surface area contributed by atoms with Crippen molar-refractivity contribution in [2.75, 3.05) is 7.11 Å². The third kappa shape index (κ3) is 3.06. The monoisotopic (exact) mass is 232 g/mol. The number of amides is 1. The fraction of sp³-hybridized carbons (Fsp3) is 0.385. The van der Waals surface area contributed by atoms with Crippen molar-refractivity contribution >= 4 is 18.0 Å². The molecule has 90 valence electrons. The molecule has 0 spiro atoms. The van der Waals surface area contributed by atoms with Gasteiger partial charge in [0.1, 0.15) is 0 Å². The van der Waals surface area contributed by atoms with Crippen molar-refractivity contribution in [2.24, 2.45) is 4.99 Å². The molecular weight excluding hydrogens is 216 g/mol. The molecule has 0 unspecified atom stereocenters. The first-order valence-electron chi connectivity index (χ1n) is 5.67. The third-order valence-corrected chi connectivity index (χ3v) is 2.68. The van der Waals surface area contributed by atoms with E-state index in [4.69, 9.17) is 4.74 Å². The molecular formula is C13H16N2O2. The fourth-order valence-electron chi connectivity index (χ4n) is 1.50. The lowest BCUT2D eigenvalue weighted by molar-refractivity contribution is 0.0951. The first kappa shape index (κ1) is 11.6. The fourth-order valence-corrected chi connectivity index (χ4v) is 1.50. The molecule has 0 heterocycles. The molecule has 1 amide bonds. The van der Waals surface area contributed by atoms with Gasteiger partial charge in [-0.15, -0.1) is 0 Å². The SMILES string of the molecule is COC=Nc1cc(C(=O)NC2CC2)ccc1C. The maximum absolute atomic E-state index is 11.8. The normalized spacial score (nSPS) is 14.9. The van der Waals surface area contributed by atoms with Crippen LogP contribution in [0.2, 0.25) is 0 Å². The molecule has 2 rings (SSSR count). The van der Waals surface area contributed by atoms with Crippen LogP contribution in [0, 0.1) is 6.92 Å². The molecule has 1 aromatic carbocycles. The molecule has 0 bridgehead atoms. The number of hydrogen-bond acceptors (Lipinski definition) is 3. The summed E-state index contributed by atoms with van der Waals surface area (Å²) in [6.45, 7) is 1.95. The van der Waals surface area contributed by atoms with Crippen LogP contribution in [0.25, 0.3) is 0 Å². The number of aryl methyl sites for hydroxylation is 1. The number of methoxy groups -OCH3 is 1. The Bertz CT molecular complexity index is 451. The van der Waals surface area contributed by atoms with Gasteiger partial charge in [-0.05, 0) is 37.5 Å². The van der Waals surface area contributed by atoms with E-state index in [-0.39, 0.29) is 5.91 Å². The molecule has 1 N–H and O–H groups in total. The van der Waals surface area contributed by atoms with Crippen molar-refractivity contribution in [2.45, 2.75) is 25.8 Å². The first-order valence-corrected chi connectivity index (χ1v) is 5.67. The minimum atomic E-state index is -0.0265. The van der Waals surface area contributed by atoms with Crippen molar-refractivity contribution in [3.8, 4) is 0 Å². The number of benzene rings is 1. The van der Waals surface area contributed by atoms with Crippen molar-refractivity contribution in [3.63, 3.8) is 0 Å². The predicted octanol–water partition coefficient (Wildman–Crippen LogP) is 2.19. The lowest BCUT2D eigenvalue weighted by Gasteiger charge is -2.05. The predicted molar refractivity (Wildman–Crippen MR) is 66.8 cm³/mol. The van der Waals surface area contributed by atoms with Gasteiger partial charge in [0, 0.05) is 11.6 Å². The quantitative estimate of drug-likeness (QED) is 0.639. The second-order valence-electron chi connectivity index (χ2n) is 4.22. The zero-order valence-corrected chi connectivity index (χ0v) is 10.1.